The number of likely N-dealkylation sites (tertiary alicyclic amines) is 1. The number of rotatable bonds is 6. The maximum Gasteiger partial charge on any atom is 0.271 e. The zero-order valence-electron chi connectivity index (χ0n) is 25.1. The number of nitrogens with zero attached hydrogens (tertiary/aromatic N) is 7. The van der Waals surface area contributed by atoms with Crippen molar-refractivity contribution in [2.75, 3.05) is 26.4 Å². The molecule has 13 heteroatoms. The Morgan fingerprint density at radius 1 is 1.30 bits per heavy atom. The van der Waals surface area contributed by atoms with Crippen LogP contribution in [0.5, 0.6) is 5.88 Å². The number of ether oxygens (including phenoxy) is 1. The number of aromatic nitrogens is 5. The highest BCUT2D eigenvalue weighted by atomic mass is 32.1. The minimum absolute atomic E-state index is 0.110. The predicted molar refractivity (Wildman–Crippen MR) is 164 cm³/mol. The van der Waals surface area contributed by atoms with Gasteiger partial charge < -0.3 is 20.3 Å². The van der Waals surface area contributed by atoms with Crippen LogP contribution < -0.4 is 15.8 Å². The quantitative estimate of drug-likeness (QED) is 0.325. The fourth-order valence-corrected chi connectivity index (χ4v) is 8.57. The minimum atomic E-state index is -0.450. The molecule has 7 rings (SSSR count). The summed E-state index contributed by atoms with van der Waals surface area (Å²) < 4.78 is 14.2. The van der Waals surface area contributed by atoms with Gasteiger partial charge in [0.05, 0.1) is 11.0 Å². The first-order chi connectivity index (χ1) is 21.3. The smallest absolute Gasteiger partial charge is 0.271 e. The van der Waals surface area contributed by atoms with E-state index in [2.05, 4.69) is 40.5 Å². The Kier molecular flexibility index (Phi) is 7.13. The molecular weight excluding hydrogens is 578 g/mol. The second kappa shape index (κ2) is 11.0. The molecule has 44 heavy (non-hydrogen) atoms. The summed E-state index contributed by atoms with van der Waals surface area (Å²) in [6.07, 6.45) is 9.04. The van der Waals surface area contributed by atoms with E-state index in [1.54, 1.807) is 30.1 Å². The summed E-state index contributed by atoms with van der Waals surface area (Å²) in [5, 5.41) is 22.3. The average molecular weight is 614 g/mol. The van der Waals surface area contributed by atoms with Crippen LogP contribution in [-0.2, 0) is 18.3 Å². The number of carbonyl (C=O) groups excluding carboxylic acids is 1. The van der Waals surface area contributed by atoms with E-state index in [1.807, 2.05) is 0 Å². The molecule has 0 aromatic carbocycles. The molecule has 3 N–H and O–H groups in total. The van der Waals surface area contributed by atoms with E-state index in [9.17, 15) is 10.1 Å². The SMILES string of the molecule is CNC(=O)c1ccn(-c2cc(O[C@@H](C)[C@@H]3CCCN3C)nc(-c3noc4c3CCC[C@@]43CCCc4sc(N)c(C#N)c43)n2)n1. The number of hydrogen-bond donors (Lipinski definition) is 2. The van der Waals surface area contributed by atoms with Crippen LogP contribution in [0.25, 0.3) is 17.3 Å². The van der Waals surface area contributed by atoms with Crippen LogP contribution in [0.3, 0.4) is 0 Å². The Morgan fingerprint density at radius 3 is 2.86 bits per heavy atom. The molecule has 0 unspecified atom stereocenters. The lowest BCUT2D eigenvalue weighted by atomic mass is 9.63. The van der Waals surface area contributed by atoms with E-state index in [1.165, 1.54) is 16.2 Å². The van der Waals surface area contributed by atoms with Crippen LogP contribution in [0, 0.1) is 11.3 Å². The third-order valence-electron chi connectivity index (χ3n) is 9.47. The van der Waals surface area contributed by atoms with Crippen molar-refractivity contribution in [3.8, 4) is 29.3 Å². The third-order valence-corrected chi connectivity index (χ3v) is 10.5. The largest absolute Gasteiger partial charge is 0.473 e. The molecule has 0 radical (unpaired) electrons. The lowest BCUT2D eigenvalue weighted by Gasteiger charge is -2.39. The van der Waals surface area contributed by atoms with Crippen molar-refractivity contribution in [3.63, 3.8) is 0 Å². The van der Waals surface area contributed by atoms with Gasteiger partial charge in [-0.05, 0) is 83.5 Å². The van der Waals surface area contributed by atoms with Gasteiger partial charge in [0.2, 0.25) is 5.88 Å². The van der Waals surface area contributed by atoms with Gasteiger partial charge >= 0.3 is 0 Å². The van der Waals surface area contributed by atoms with E-state index >= 15 is 0 Å². The standard InChI is InChI=1S/C31H35N9O3S/c1-17(21-8-6-13-39(21)3)42-24-15-23(40-14-10-20(37-40)30(41)34-2)35-29(36-24)26-18-7-4-11-31(27(18)43-38-26)12-5-9-22-25(31)19(16-32)28(33)44-22/h10,14-15,17,21H,4-9,11-13,33H2,1-3H3,(H,34,41)/t17-,21-,31-/m0/s1. The van der Waals surface area contributed by atoms with Gasteiger partial charge in [-0.15, -0.1) is 11.3 Å². The lowest BCUT2D eigenvalue weighted by molar-refractivity contribution is 0.0957. The predicted octanol–water partition coefficient (Wildman–Crippen LogP) is 4.01. The topological polar surface area (TPSA) is 161 Å². The molecule has 0 bridgehead atoms. The Hall–Kier alpha value is -4.28. The number of thiophene rings is 1. The summed E-state index contributed by atoms with van der Waals surface area (Å²) in [7, 11) is 3.68. The first-order valence-corrected chi connectivity index (χ1v) is 16.0. The summed E-state index contributed by atoms with van der Waals surface area (Å²) in [5.74, 6) is 1.71. The fourth-order valence-electron chi connectivity index (χ4n) is 7.41. The maximum absolute atomic E-state index is 12.2. The van der Waals surface area contributed by atoms with Gasteiger partial charge in [0.25, 0.3) is 5.91 Å². The second-order valence-corrected chi connectivity index (χ2v) is 13.1. The first-order valence-electron chi connectivity index (χ1n) is 15.2. The van der Waals surface area contributed by atoms with Crippen LogP contribution in [0.2, 0.25) is 0 Å². The molecule has 4 aromatic rings. The molecule has 1 fully saturated rings. The monoisotopic (exact) mass is 613 g/mol. The number of hydrogen-bond acceptors (Lipinski definition) is 11. The zero-order valence-corrected chi connectivity index (χ0v) is 25.9. The molecule has 1 saturated heterocycles. The molecule has 1 amide bonds. The fraction of sp³-hybridized carbons (Fsp3) is 0.484. The van der Waals surface area contributed by atoms with Crippen molar-refractivity contribution in [3.05, 3.63) is 51.4 Å². The minimum Gasteiger partial charge on any atom is -0.473 e. The molecule has 228 valence electrons. The third kappa shape index (κ3) is 4.55. The summed E-state index contributed by atoms with van der Waals surface area (Å²) >= 11 is 1.52. The van der Waals surface area contributed by atoms with Crippen LogP contribution >= 0.6 is 11.3 Å². The van der Waals surface area contributed by atoms with E-state index in [-0.39, 0.29) is 23.7 Å². The molecule has 3 atom stereocenters. The number of amides is 1. The van der Waals surface area contributed by atoms with Gasteiger partial charge in [0.1, 0.15) is 17.2 Å². The number of likely N-dealkylation sites (N-methyl/N-ethyl adjacent to an activating group) is 1. The number of fused-ring (bicyclic) bond motifs is 4. The van der Waals surface area contributed by atoms with Gasteiger partial charge in [-0.2, -0.15) is 15.3 Å². The van der Waals surface area contributed by atoms with Gasteiger partial charge in [0.15, 0.2) is 28.8 Å². The van der Waals surface area contributed by atoms with Crippen molar-refractivity contribution >= 4 is 22.2 Å². The summed E-state index contributed by atoms with van der Waals surface area (Å²) in [5.41, 5.74) is 9.25. The molecular formula is C31H35N9O3S. The highest BCUT2D eigenvalue weighted by molar-refractivity contribution is 7.16. The highest BCUT2D eigenvalue weighted by Gasteiger charge is 2.48. The molecule has 1 aliphatic heterocycles. The molecule has 1 spiro atoms. The lowest BCUT2D eigenvalue weighted by Crippen LogP contribution is -2.38. The van der Waals surface area contributed by atoms with Crippen molar-refractivity contribution < 1.29 is 14.1 Å². The maximum atomic E-state index is 12.2. The van der Waals surface area contributed by atoms with E-state index < -0.39 is 5.41 Å². The van der Waals surface area contributed by atoms with Crippen LogP contribution in [0.1, 0.15) is 83.3 Å². The van der Waals surface area contributed by atoms with Gasteiger partial charge in [-0.25, -0.2) is 9.67 Å². The van der Waals surface area contributed by atoms with Crippen molar-refractivity contribution in [1.29, 1.82) is 5.26 Å². The van der Waals surface area contributed by atoms with E-state index in [0.29, 0.717) is 33.8 Å². The number of nitrogen functional groups attached to an aromatic ring is 1. The van der Waals surface area contributed by atoms with Crippen LogP contribution in [0.15, 0.2) is 22.9 Å². The Bertz CT molecular complexity index is 1780. The average Bonchev–Trinajstić information content (AvgIpc) is 3.82. The Balaban J connectivity index is 1.33. The molecule has 5 heterocycles. The number of carbonyl (C=O) groups is 1. The number of nitrogens with one attached hydrogen (secondary N) is 1. The summed E-state index contributed by atoms with van der Waals surface area (Å²) in [6, 6.07) is 6.03. The Morgan fingerprint density at radius 2 is 2.11 bits per heavy atom. The number of aryl methyl sites for hydroxylation is 1. The molecule has 4 aromatic heterocycles. The van der Waals surface area contributed by atoms with Crippen molar-refractivity contribution in [1.82, 2.24) is 35.1 Å². The zero-order chi connectivity index (χ0) is 30.6. The number of anilines is 1. The summed E-state index contributed by atoms with van der Waals surface area (Å²) in [4.78, 5) is 25.4. The van der Waals surface area contributed by atoms with Crippen LogP contribution in [0.4, 0.5) is 5.00 Å². The van der Waals surface area contributed by atoms with Gasteiger partial charge in [0, 0.05) is 35.8 Å². The normalized spacial score (nSPS) is 21.9. The van der Waals surface area contributed by atoms with Crippen LogP contribution in [-0.4, -0.2) is 68.5 Å². The summed E-state index contributed by atoms with van der Waals surface area (Å²) in [6.45, 7) is 3.10. The number of nitrogens with two attached hydrogens (primary N) is 1. The molecule has 12 nitrogen and oxygen atoms in total. The van der Waals surface area contributed by atoms with Gasteiger partial charge in [-0.1, -0.05) is 5.16 Å². The highest BCUT2D eigenvalue weighted by Crippen LogP contribution is 2.55. The molecule has 0 saturated carbocycles. The Labute approximate surface area is 259 Å². The van der Waals surface area contributed by atoms with E-state index in [0.717, 1.165) is 74.8 Å². The van der Waals surface area contributed by atoms with Crippen molar-refractivity contribution in [2.45, 2.75) is 75.9 Å². The number of nitriles is 1. The first kappa shape index (κ1) is 28.5. The molecule has 3 aliphatic rings. The second-order valence-electron chi connectivity index (χ2n) is 12.0. The molecule has 2 aliphatic carbocycles. The van der Waals surface area contributed by atoms with E-state index in [4.69, 9.17) is 25.0 Å². The van der Waals surface area contributed by atoms with Crippen molar-refractivity contribution in [2.24, 2.45) is 0 Å². The van der Waals surface area contributed by atoms with Gasteiger partial charge in [-0.3, -0.25) is 9.69 Å².